The minimum Gasteiger partial charge on any atom is -0.456 e. The first kappa shape index (κ1) is 13.2. The lowest BCUT2D eigenvalue weighted by molar-refractivity contribution is 0.186. The monoisotopic (exact) mass is 287 g/mol. The third kappa shape index (κ3) is 2.19. The van der Waals surface area contributed by atoms with Gasteiger partial charge in [-0.05, 0) is 30.2 Å². The Labute approximate surface area is 121 Å². The van der Waals surface area contributed by atoms with Crippen molar-refractivity contribution < 1.29 is 9.52 Å². The highest BCUT2D eigenvalue weighted by Gasteiger charge is 2.20. The SMILES string of the molecule is CCc1cccnc1C(O)c1cc2cccc(Cl)c2o1. The number of aryl methyl sites for hydroxylation is 1. The molecule has 3 nitrogen and oxygen atoms in total. The van der Waals surface area contributed by atoms with E-state index in [1.54, 1.807) is 18.3 Å². The van der Waals surface area contributed by atoms with E-state index in [9.17, 15) is 5.11 Å². The lowest BCUT2D eigenvalue weighted by Gasteiger charge is -2.11. The smallest absolute Gasteiger partial charge is 0.154 e. The van der Waals surface area contributed by atoms with E-state index in [0.29, 0.717) is 22.1 Å². The maximum atomic E-state index is 10.5. The topological polar surface area (TPSA) is 46.3 Å². The molecule has 3 aromatic rings. The molecule has 1 aromatic carbocycles. The first-order chi connectivity index (χ1) is 9.70. The lowest BCUT2D eigenvalue weighted by Crippen LogP contribution is -2.04. The van der Waals surface area contributed by atoms with Gasteiger partial charge in [0.1, 0.15) is 5.76 Å². The van der Waals surface area contributed by atoms with E-state index in [-0.39, 0.29) is 0 Å². The molecule has 102 valence electrons. The molecule has 1 atom stereocenters. The Hall–Kier alpha value is -1.84. The number of halogens is 1. The van der Waals surface area contributed by atoms with Crippen LogP contribution in [0.25, 0.3) is 11.0 Å². The van der Waals surface area contributed by atoms with Crippen LogP contribution in [-0.2, 0) is 6.42 Å². The van der Waals surface area contributed by atoms with Gasteiger partial charge < -0.3 is 9.52 Å². The summed E-state index contributed by atoms with van der Waals surface area (Å²) in [7, 11) is 0. The minimum absolute atomic E-state index is 0.460. The summed E-state index contributed by atoms with van der Waals surface area (Å²) >= 11 is 6.09. The van der Waals surface area contributed by atoms with Gasteiger partial charge in [0.15, 0.2) is 11.7 Å². The van der Waals surface area contributed by atoms with Crippen molar-refractivity contribution in [3.63, 3.8) is 0 Å². The second-order valence-electron chi connectivity index (χ2n) is 4.61. The molecule has 3 rings (SSSR count). The summed E-state index contributed by atoms with van der Waals surface area (Å²) in [6.07, 6.45) is 1.60. The van der Waals surface area contributed by atoms with Crippen molar-refractivity contribution in [2.75, 3.05) is 0 Å². The number of hydrogen-bond donors (Lipinski definition) is 1. The summed E-state index contributed by atoms with van der Waals surface area (Å²) in [6.45, 7) is 2.03. The van der Waals surface area contributed by atoms with Crippen LogP contribution in [0, 0.1) is 0 Å². The average molecular weight is 288 g/mol. The Kier molecular flexibility index (Phi) is 3.47. The van der Waals surface area contributed by atoms with Crippen molar-refractivity contribution in [3.05, 3.63) is 64.6 Å². The van der Waals surface area contributed by atoms with Gasteiger partial charge >= 0.3 is 0 Å². The molecule has 0 aliphatic heterocycles. The van der Waals surface area contributed by atoms with Gasteiger partial charge in [0, 0.05) is 11.6 Å². The molecule has 20 heavy (non-hydrogen) atoms. The average Bonchev–Trinajstić information content (AvgIpc) is 2.92. The Bertz CT molecular complexity index is 751. The molecule has 0 aliphatic rings. The molecule has 0 saturated carbocycles. The molecule has 0 aliphatic carbocycles. The number of aliphatic hydroxyl groups is 1. The molecule has 0 spiro atoms. The highest BCUT2D eigenvalue weighted by atomic mass is 35.5. The van der Waals surface area contributed by atoms with Gasteiger partial charge in [-0.3, -0.25) is 4.98 Å². The van der Waals surface area contributed by atoms with E-state index < -0.39 is 6.10 Å². The van der Waals surface area contributed by atoms with E-state index in [0.717, 1.165) is 17.4 Å². The summed E-state index contributed by atoms with van der Waals surface area (Å²) < 4.78 is 5.69. The van der Waals surface area contributed by atoms with E-state index in [1.165, 1.54) is 0 Å². The van der Waals surface area contributed by atoms with Crippen LogP contribution >= 0.6 is 11.6 Å². The molecule has 2 aromatic heterocycles. The van der Waals surface area contributed by atoms with Crippen LogP contribution in [0.15, 0.2) is 47.0 Å². The summed E-state index contributed by atoms with van der Waals surface area (Å²) in [5, 5.41) is 11.9. The number of para-hydroxylation sites is 1. The zero-order valence-corrected chi connectivity index (χ0v) is 11.8. The maximum Gasteiger partial charge on any atom is 0.154 e. The summed E-state index contributed by atoms with van der Waals surface area (Å²) in [4.78, 5) is 4.28. The van der Waals surface area contributed by atoms with E-state index in [1.807, 2.05) is 31.2 Å². The van der Waals surface area contributed by atoms with Crippen LogP contribution in [0.3, 0.4) is 0 Å². The van der Waals surface area contributed by atoms with Gasteiger partial charge in [0.05, 0.1) is 10.7 Å². The van der Waals surface area contributed by atoms with Crippen molar-refractivity contribution in [3.8, 4) is 0 Å². The molecule has 0 fully saturated rings. The second kappa shape index (κ2) is 5.27. The van der Waals surface area contributed by atoms with Gasteiger partial charge in [0.2, 0.25) is 0 Å². The third-order valence-corrected chi connectivity index (χ3v) is 3.65. The number of fused-ring (bicyclic) bond motifs is 1. The Balaban J connectivity index is 2.08. The molecule has 0 amide bonds. The zero-order chi connectivity index (χ0) is 14.1. The van der Waals surface area contributed by atoms with Gasteiger partial charge in [-0.25, -0.2) is 0 Å². The number of furan rings is 1. The van der Waals surface area contributed by atoms with Crippen LogP contribution in [0.5, 0.6) is 0 Å². The van der Waals surface area contributed by atoms with Crippen molar-refractivity contribution in [2.24, 2.45) is 0 Å². The predicted molar refractivity (Wildman–Crippen MR) is 78.9 cm³/mol. The number of nitrogens with zero attached hydrogens (tertiary/aromatic N) is 1. The van der Waals surface area contributed by atoms with Crippen molar-refractivity contribution >= 4 is 22.6 Å². The number of benzene rings is 1. The molecule has 4 heteroatoms. The van der Waals surface area contributed by atoms with Gasteiger partial charge in [-0.1, -0.05) is 36.7 Å². The molecular formula is C16H14ClNO2. The summed E-state index contributed by atoms with van der Waals surface area (Å²) in [5.41, 5.74) is 2.23. The molecule has 1 unspecified atom stereocenters. The number of aliphatic hydroxyl groups excluding tert-OH is 1. The number of pyridine rings is 1. The van der Waals surface area contributed by atoms with Crippen molar-refractivity contribution in [1.29, 1.82) is 0 Å². The Morgan fingerprint density at radius 1 is 1.30 bits per heavy atom. The third-order valence-electron chi connectivity index (χ3n) is 3.35. The lowest BCUT2D eigenvalue weighted by atomic mass is 10.1. The van der Waals surface area contributed by atoms with Gasteiger partial charge in [0.25, 0.3) is 0 Å². The molecule has 0 bridgehead atoms. The summed E-state index contributed by atoms with van der Waals surface area (Å²) in [6, 6.07) is 11.2. The van der Waals surface area contributed by atoms with Crippen LogP contribution in [0.2, 0.25) is 5.02 Å². The molecule has 1 N–H and O–H groups in total. The standard InChI is InChI=1S/C16H14ClNO2/c1-2-10-6-4-8-18-14(10)15(19)13-9-11-5-3-7-12(17)16(11)20-13/h3-9,15,19H,2H2,1H3. The number of hydrogen-bond acceptors (Lipinski definition) is 3. The maximum absolute atomic E-state index is 10.5. The zero-order valence-electron chi connectivity index (χ0n) is 11.0. The van der Waals surface area contributed by atoms with Crippen molar-refractivity contribution in [2.45, 2.75) is 19.4 Å². The number of aromatic nitrogens is 1. The Morgan fingerprint density at radius 2 is 2.15 bits per heavy atom. The molecule has 2 heterocycles. The van der Waals surface area contributed by atoms with Crippen LogP contribution in [0.4, 0.5) is 0 Å². The van der Waals surface area contributed by atoms with Gasteiger partial charge in [-0.15, -0.1) is 0 Å². The van der Waals surface area contributed by atoms with Crippen LogP contribution in [-0.4, -0.2) is 10.1 Å². The predicted octanol–water partition coefficient (Wildman–Crippen LogP) is 4.13. The quantitative estimate of drug-likeness (QED) is 0.788. The Morgan fingerprint density at radius 3 is 2.90 bits per heavy atom. The van der Waals surface area contributed by atoms with Crippen molar-refractivity contribution in [1.82, 2.24) is 4.98 Å². The largest absolute Gasteiger partial charge is 0.456 e. The van der Waals surface area contributed by atoms with Crippen LogP contribution < -0.4 is 0 Å². The van der Waals surface area contributed by atoms with Gasteiger partial charge in [-0.2, -0.15) is 0 Å². The number of rotatable bonds is 3. The minimum atomic E-state index is -0.880. The van der Waals surface area contributed by atoms with E-state index in [4.69, 9.17) is 16.0 Å². The summed E-state index contributed by atoms with van der Waals surface area (Å²) in [5.74, 6) is 0.460. The normalized spacial score (nSPS) is 12.8. The first-order valence-electron chi connectivity index (χ1n) is 6.50. The highest BCUT2D eigenvalue weighted by Crippen LogP contribution is 2.32. The fourth-order valence-corrected chi connectivity index (χ4v) is 2.53. The van der Waals surface area contributed by atoms with E-state index in [2.05, 4.69) is 4.98 Å². The fourth-order valence-electron chi connectivity index (χ4n) is 2.31. The first-order valence-corrected chi connectivity index (χ1v) is 6.88. The van der Waals surface area contributed by atoms with Crippen LogP contribution in [0.1, 0.15) is 30.0 Å². The molecule has 0 radical (unpaired) electrons. The second-order valence-corrected chi connectivity index (χ2v) is 5.02. The fraction of sp³-hybridized carbons (Fsp3) is 0.188. The molecular weight excluding hydrogens is 274 g/mol. The molecule has 0 saturated heterocycles. The van der Waals surface area contributed by atoms with E-state index >= 15 is 0 Å². The highest BCUT2D eigenvalue weighted by molar-refractivity contribution is 6.34.